The number of para-hydroxylation sites is 1. The summed E-state index contributed by atoms with van der Waals surface area (Å²) in [4.78, 5) is 24.9. The van der Waals surface area contributed by atoms with E-state index in [1.54, 1.807) is 7.11 Å². The molecule has 2 aromatic rings. The molecule has 7 heteroatoms. The lowest BCUT2D eigenvalue weighted by Gasteiger charge is -2.35. The molecule has 1 aliphatic heterocycles. The second-order valence-electron chi connectivity index (χ2n) is 7.21. The van der Waals surface area contributed by atoms with Crippen LogP contribution in [0.15, 0.2) is 54.6 Å². The number of rotatable bonds is 6. The Kier molecular flexibility index (Phi) is 6.85. The first-order chi connectivity index (χ1) is 14.0. The van der Waals surface area contributed by atoms with Gasteiger partial charge < -0.3 is 26.0 Å². The number of methoxy groups -OCH3 is 1. The van der Waals surface area contributed by atoms with Gasteiger partial charge in [0.15, 0.2) is 0 Å². The van der Waals surface area contributed by atoms with Crippen LogP contribution in [-0.4, -0.2) is 37.7 Å². The fourth-order valence-electron chi connectivity index (χ4n) is 3.44. The van der Waals surface area contributed by atoms with E-state index in [2.05, 4.69) is 21.3 Å². The maximum atomic E-state index is 12.8. The molecule has 1 saturated heterocycles. The van der Waals surface area contributed by atoms with Gasteiger partial charge in [0.05, 0.1) is 6.04 Å². The van der Waals surface area contributed by atoms with Gasteiger partial charge in [0.2, 0.25) is 0 Å². The van der Waals surface area contributed by atoms with Crippen molar-refractivity contribution in [3.05, 3.63) is 60.2 Å². The maximum Gasteiger partial charge on any atom is 0.323 e. The summed E-state index contributed by atoms with van der Waals surface area (Å²) in [5.41, 5.74) is 1.58. The Bertz CT molecular complexity index is 818. The number of anilines is 2. The molecule has 1 aliphatic rings. The van der Waals surface area contributed by atoms with E-state index in [1.165, 1.54) is 0 Å². The van der Waals surface area contributed by atoms with E-state index in [-0.39, 0.29) is 18.0 Å². The Morgan fingerprint density at radius 2 is 1.55 bits per heavy atom. The molecule has 1 fully saturated rings. The SMILES string of the molecule is COC1(C(=O)NC(C)c2ccc(NC(=O)Nc3ccccc3)cc2)CCNCC1. The lowest BCUT2D eigenvalue weighted by atomic mass is 9.90. The summed E-state index contributed by atoms with van der Waals surface area (Å²) < 4.78 is 5.58. The number of hydrogen-bond donors (Lipinski definition) is 4. The minimum absolute atomic E-state index is 0.0848. The Balaban J connectivity index is 1.56. The molecular formula is C22H28N4O3. The van der Waals surface area contributed by atoms with E-state index in [0.29, 0.717) is 18.5 Å². The molecule has 0 spiro atoms. The van der Waals surface area contributed by atoms with Gasteiger partial charge in [-0.25, -0.2) is 4.79 Å². The van der Waals surface area contributed by atoms with Crippen LogP contribution < -0.4 is 21.3 Å². The van der Waals surface area contributed by atoms with Crippen LogP contribution in [0.2, 0.25) is 0 Å². The Labute approximate surface area is 171 Å². The van der Waals surface area contributed by atoms with Crippen molar-refractivity contribution in [2.24, 2.45) is 0 Å². The summed E-state index contributed by atoms with van der Waals surface area (Å²) in [6.07, 6.45) is 1.31. The fourth-order valence-corrected chi connectivity index (χ4v) is 3.44. The van der Waals surface area contributed by atoms with Crippen molar-refractivity contribution in [1.29, 1.82) is 0 Å². The van der Waals surface area contributed by atoms with Crippen LogP contribution >= 0.6 is 0 Å². The standard InChI is InChI=1S/C22H28N4O3/c1-16(24-20(27)22(29-2)12-14-23-15-13-22)17-8-10-19(11-9-17)26-21(28)25-18-6-4-3-5-7-18/h3-11,16,23H,12-15H2,1-2H3,(H,24,27)(H2,25,26,28). The summed E-state index contributed by atoms with van der Waals surface area (Å²) in [5, 5.41) is 11.9. The van der Waals surface area contributed by atoms with Crippen LogP contribution in [0.5, 0.6) is 0 Å². The molecule has 2 aromatic carbocycles. The Hall–Kier alpha value is -2.90. The minimum Gasteiger partial charge on any atom is -0.368 e. The van der Waals surface area contributed by atoms with Crippen molar-refractivity contribution in [3.8, 4) is 0 Å². The highest BCUT2D eigenvalue weighted by Crippen LogP contribution is 2.25. The second-order valence-corrected chi connectivity index (χ2v) is 7.21. The summed E-state index contributed by atoms with van der Waals surface area (Å²) >= 11 is 0. The van der Waals surface area contributed by atoms with Gasteiger partial charge in [0.1, 0.15) is 5.60 Å². The van der Waals surface area contributed by atoms with Crippen molar-refractivity contribution in [3.63, 3.8) is 0 Å². The highest BCUT2D eigenvalue weighted by atomic mass is 16.5. The third-order valence-corrected chi connectivity index (χ3v) is 5.26. The van der Waals surface area contributed by atoms with E-state index in [9.17, 15) is 9.59 Å². The molecular weight excluding hydrogens is 368 g/mol. The summed E-state index contributed by atoms with van der Waals surface area (Å²) in [6, 6.07) is 16.2. The predicted molar refractivity (Wildman–Crippen MR) is 114 cm³/mol. The van der Waals surface area contributed by atoms with Crippen LogP contribution in [0.1, 0.15) is 31.4 Å². The van der Waals surface area contributed by atoms with E-state index >= 15 is 0 Å². The molecule has 0 radical (unpaired) electrons. The third kappa shape index (κ3) is 5.34. The predicted octanol–water partition coefficient (Wildman–Crippen LogP) is 3.28. The number of carbonyl (C=O) groups is 2. The van der Waals surface area contributed by atoms with Gasteiger partial charge >= 0.3 is 6.03 Å². The molecule has 154 valence electrons. The zero-order chi connectivity index (χ0) is 20.7. The van der Waals surface area contributed by atoms with Gasteiger partial charge in [-0.15, -0.1) is 0 Å². The number of nitrogens with one attached hydrogen (secondary N) is 4. The smallest absolute Gasteiger partial charge is 0.323 e. The van der Waals surface area contributed by atoms with Crippen LogP contribution in [-0.2, 0) is 9.53 Å². The van der Waals surface area contributed by atoms with Gasteiger partial charge in [-0.2, -0.15) is 0 Å². The van der Waals surface area contributed by atoms with E-state index in [1.807, 2.05) is 61.5 Å². The maximum absolute atomic E-state index is 12.8. The largest absolute Gasteiger partial charge is 0.368 e. The second kappa shape index (κ2) is 9.54. The number of piperidine rings is 1. The first-order valence-electron chi connectivity index (χ1n) is 9.82. The molecule has 1 atom stereocenters. The van der Waals surface area contributed by atoms with Crippen LogP contribution in [0.3, 0.4) is 0 Å². The zero-order valence-electron chi connectivity index (χ0n) is 16.8. The average Bonchev–Trinajstić information content (AvgIpc) is 2.75. The van der Waals surface area contributed by atoms with Crippen molar-refractivity contribution in [1.82, 2.24) is 10.6 Å². The number of urea groups is 1. The average molecular weight is 396 g/mol. The van der Waals surface area contributed by atoms with Crippen LogP contribution in [0, 0.1) is 0 Å². The van der Waals surface area contributed by atoms with Crippen LogP contribution in [0.4, 0.5) is 16.2 Å². The number of carbonyl (C=O) groups excluding carboxylic acids is 2. The fraction of sp³-hybridized carbons (Fsp3) is 0.364. The van der Waals surface area contributed by atoms with E-state index < -0.39 is 5.60 Å². The zero-order valence-corrected chi connectivity index (χ0v) is 16.8. The number of benzene rings is 2. The quantitative estimate of drug-likeness (QED) is 0.603. The minimum atomic E-state index is -0.767. The molecule has 0 bridgehead atoms. The molecule has 29 heavy (non-hydrogen) atoms. The van der Waals surface area contributed by atoms with E-state index in [4.69, 9.17) is 4.74 Å². The van der Waals surface area contributed by atoms with Gasteiger partial charge in [0.25, 0.3) is 5.91 Å². The van der Waals surface area contributed by atoms with E-state index in [0.717, 1.165) is 24.3 Å². The number of amides is 3. The Morgan fingerprint density at radius 1 is 0.966 bits per heavy atom. The lowest BCUT2D eigenvalue weighted by molar-refractivity contribution is -0.147. The monoisotopic (exact) mass is 396 g/mol. The van der Waals surface area contributed by atoms with Crippen molar-refractivity contribution in [2.45, 2.75) is 31.4 Å². The summed E-state index contributed by atoms with van der Waals surface area (Å²) in [6.45, 7) is 3.47. The first kappa shape index (κ1) is 20.8. The van der Waals surface area contributed by atoms with Crippen molar-refractivity contribution >= 4 is 23.3 Å². The molecule has 3 rings (SSSR count). The van der Waals surface area contributed by atoms with Gasteiger partial charge in [-0.05, 0) is 62.7 Å². The molecule has 1 heterocycles. The van der Waals surface area contributed by atoms with Gasteiger partial charge in [-0.1, -0.05) is 30.3 Å². The Morgan fingerprint density at radius 3 is 2.14 bits per heavy atom. The highest BCUT2D eigenvalue weighted by Gasteiger charge is 2.40. The number of ether oxygens (including phenoxy) is 1. The first-order valence-corrected chi connectivity index (χ1v) is 9.82. The molecule has 3 amide bonds. The lowest BCUT2D eigenvalue weighted by Crippen LogP contribution is -2.54. The summed E-state index contributed by atoms with van der Waals surface area (Å²) in [7, 11) is 1.59. The van der Waals surface area contributed by atoms with Gasteiger partial charge in [0, 0.05) is 18.5 Å². The molecule has 4 N–H and O–H groups in total. The molecule has 0 aromatic heterocycles. The highest BCUT2D eigenvalue weighted by molar-refractivity contribution is 5.99. The summed E-state index contributed by atoms with van der Waals surface area (Å²) in [5.74, 6) is -0.0848. The number of hydrogen-bond acceptors (Lipinski definition) is 4. The molecule has 1 unspecified atom stereocenters. The normalized spacial score (nSPS) is 16.5. The molecule has 0 saturated carbocycles. The van der Waals surface area contributed by atoms with Crippen molar-refractivity contribution < 1.29 is 14.3 Å². The molecule has 0 aliphatic carbocycles. The van der Waals surface area contributed by atoms with Gasteiger partial charge in [-0.3, -0.25) is 4.79 Å². The topological polar surface area (TPSA) is 91.5 Å². The van der Waals surface area contributed by atoms with Crippen LogP contribution in [0.25, 0.3) is 0 Å². The third-order valence-electron chi connectivity index (χ3n) is 5.26. The van der Waals surface area contributed by atoms with Crippen molar-refractivity contribution in [2.75, 3.05) is 30.8 Å². The molecule has 7 nitrogen and oxygen atoms in total.